The molecular weight excluding hydrogens is 378 g/mol. The van der Waals surface area contributed by atoms with Crippen LogP contribution in [0.15, 0.2) is 83.8 Å². The van der Waals surface area contributed by atoms with Crippen LogP contribution in [0, 0.1) is 0 Å². The lowest BCUT2D eigenvalue weighted by molar-refractivity contribution is 0.0695. The van der Waals surface area contributed by atoms with Gasteiger partial charge in [-0.1, -0.05) is 60.7 Å². The van der Waals surface area contributed by atoms with Crippen molar-refractivity contribution < 1.29 is 9.90 Å². The molecule has 6 nitrogen and oxygen atoms in total. The number of fused-ring (bicyclic) bond motifs is 3. The quantitative estimate of drug-likeness (QED) is 0.440. The minimum absolute atomic E-state index is 0.219. The van der Waals surface area contributed by atoms with Crippen LogP contribution in [0.25, 0.3) is 44.5 Å². The molecule has 144 valence electrons. The number of rotatable bonds is 3. The molecule has 0 aliphatic heterocycles. The number of carboxylic acid groups (broad SMARTS) is 1. The average molecular weight is 393 g/mol. The van der Waals surface area contributed by atoms with Crippen molar-refractivity contribution in [2.45, 2.75) is 0 Å². The number of nitrogens with zero attached hydrogens (tertiary/aromatic N) is 2. The predicted octanol–water partition coefficient (Wildman–Crippen LogP) is 4.50. The Kier molecular flexibility index (Phi) is 4.10. The van der Waals surface area contributed by atoms with Gasteiger partial charge in [0.1, 0.15) is 11.1 Å². The van der Waals surface area contributed by atoms with Crippen LogP contribution in [0.5, 0.6) is 0 Å². The first-order valence-corrected chi connectivity index (χ1v) is 9.34. The maximum Gasteiger partial charge on any atom is 0.341 e. The van der Waals surface area contributed by atoms with Gasteiger partial charge in [-0.3, -0.25) is 4.79 Å². The smallest absolute Gasteiger partial charge is 0.341 e. The fourth-order valence-corrected chi connectivity index (χ4v) is 3.58. The number of pyridine rings is 1. The lowest BCUT2D eigenvalue weighted by Crippen LogP contribution is -2.16. The van der Waals surface area contributed by atoms with Gasteiger partial charge in [0, 0.05) is 17.3 Å². The van der Waals surface area contributed by atoms with Crippen LogP contribution in [0.3, 0.4) is 0 Å². The lowest BCUT2D eigenvalue weighted by Gasteiger charge is -2.12. The normalized spacial score (nSPS) is 11.1. The molecule has 6 heteroatoms. The van der Waals surface area contributed by atoms with E-state index in [1.54, 1.807) is 12.1 Å². The zero-order valence-electron chi connectivity index (χ0n) is 15.7. The summed E-state index contributed by atoms with van der Waals surface area (Å²) in [5.74, 6) is -1.28. The second-order valence-corrected chi connectivity index (χ2v) is 6.85. The van der Waals surface area contributed by atoms with E-state index >= 15 is 0 Å². The number of nitrogens with one attached hydrogen (secondary N) is 1. The molecule has 30 heavy (non-hydrogen) atoms. The van der Waals surface area contributed by atoms with Crippen LogP contribution in [-0.4, -0.2) is 26.0 Å². The summed E-state index contributed by atoms with van der Waals surface area (Å²) in [5, 5.41) is 9.59. The topological polar surface area (TPSA) is 95.9 Å². The summed E-state index contributed by atoms with van der Waals surface area (Å²) < 4.78 is 0. The van der Waals surface area contributed by atoms with Crippen molar-refractivity contribution in [1.82, 2.24) is 15.0 Å². The molecule has 0 radical (unpaired) electrons. The predicted molar refractivity (Wildman–Crippen MR) is 115 cm³/mol. The summed E-state index contributed by atoms with van der Waals surface area (Å²) in [6.45, 7) is 0. The lowest BCUT2D eigenvalue weighted by atomic mass is 10.0. The maximum absolute atomic E-state index is 12.9. The molecule has 5 aromatic rings. The number of aromatic nitrogens is 3. The first-order valence-electron chi connectivity index (χ1n) is 9.34. The highest BCUT2D eigenvalue weighted by Gasteiger charge is 2.18. The highest BCUT2D eigenvalue weighted by Crippen LogP contribution is 2.32. The summed E-state index contributed by atoms with van der Waals surface area (Å²) in [7, 11) is 0. The summed E-state index contributed by atoms with van der Waals surface area (Å²) >= 11 is 0. The first-order chi connectivity index (χ1) is 14.6. The van der Waals surface area contributed by atoms with Crippen molar-refractivity contribution in [2.24, 2.45) is 0 Å². The molecule has 0 fully saturated rings. The molecule has 0 unspecified atom stereocenters. The van der Waals surface area contributed by atoms with Crippen LogP contribution < -0.4 is 5.43 Å². The van der Waals surface area contributed by atoms with Gasteiger partial charge >= 0.3 is 5.97 Å². The molecule has 0 saturated carbocycles. The highest BCUT2D eigenvalue weighted by atomic mass is 16.4. The second kappa shape index (κ2) is 6.93. The molecule has 0 bridgehead atoms. The van der Waals surface area contributed by atoms with E-state index in [-0.39, 0.29) is 10.9 Å². The van der Waals surface area contributed by atoms with Crippen molar-refractivity contribution in [1.29, 1.82) is 0 Å². The molecule has 0 saturated heterocycles. The number of benzene rings is 3. The van der Waals surface area contributed by atoms with Gasteiger partial charge in [-0.25, -0.2) is 14.8 Å². The third kappa shape index (κ3) is 2.82. The van der Waals surface area contributed by atoms with Crippen LogP contribution >= 0.6 is 0 Å². The molecule has 0 amide bonds. The third-order valence-corrected chi connectivity index (χ3v) is 5.01. The minimum atomic E-state index is -1.28. The van der Waals surface area contributed by atoms with Gasteiger partial charge in [0.05, 0.1) is 27.8 Å². The van der Waals surface area contributed by atoms with Gasteiger partial charge in [-0.05, 0) is 12.1 Å². The molecule has 0 atom stereocenters. The maximum atomic E-state index is 12.9. The fraction of sp³-hybridized carbons (Fsp3) is 0. The van der Waals surface area contributed by atoms with Gasteiger partial charge in [0.15, 0.2) is 0 Å². The average Bonchev–Trinajstić information content (AvgIpc) is 2.79. The Morgan fingerprint density at radius 2 is 1.40 bits per heavy atom. The molecule has 0 aliphatic carbocycles. The number of carbonyl (C=O) groups is 1. The Hall–Kier alpha value is -4.32. The van der Waals surface area contributed by atoms with Gasteiger partial charge < -0.3 is 10.1 Å². The zero-order valence-corrected chi connectivity index (χ0v) is 15.7. The van der Waals surface area contributed by atoms with E-state index in [0.29, 0.717) is 27.9 Å². The third-order valence-electron chi connectivity index (χ3n) is 5.01. The SMILES string of the molecule is O=C(O)c1c[nH]c2ccc3nc(-c4ccccc4)c(-c4ccccc4)nc3c2c1=O. The van der Waals surface area contributed by atoms with Crippen molar-refractivity contribution in [2.75, 3.05) is 0 Å². The monoisotopic (exact) mass is 393 g/mol. The van der Waals surface area contributed by atoms with E-state index in [0.717, 1.165) is 11.1 Å². The van der Waals surface area contributed by atoms with E-state index in [4.69, 9.17) is 9.97 Å². The van der Waals surface area contributed by atoms with Crippen molar-refractivity contribution in [3.05, 3.63) is 94.8 Å². The van der Waals surface area contributed by atoms with Gasteiger partial charge in [0.2, 0.25) is 5.43 Å². The van der Waals surface area contributed by atoms with Gasteiger partial charge in [0.25, 0.3) is 0 Å². The summed E-state index contributed by atoms with van der Waals surface area (Å²) in [6, 6.07) is 22.8. The number of hydrogen-bond acceptors (Lipinski definition) is 4. The summed E-state index contributed by atoms with van der Waals surface area (Å²) in [6.07, 6.45) is 1.21. The Bertz CT molecular complexity index is 1480. The largest absolute Gasteiger partial charge is 0.477 e. The number of carboxylic acids is 1. The van der Waals surface area contributed by atoms with Crippen LogP contribution in [0.4, 0.5) is 0 Å². The van der Waals surface area contributed by atoms with E-state index in [9.17, 15) is 14.7 Å². The van der Waals surface area contributed by atoms with E-state index in [2.05, 4.69) is 4.98 Å². The molecule has 2 heterocycles. The Morgan fingerprint density at radius 1 is 0.800 bits per heavy atom. The van der Waals surface area contributed by atoms with Gasteiger partial charge in [-0.15, -0.1) is 0 Å². The zero-order chi connectivity index (χ0) is 20.7. The first kappa shape index (κ1) is 17.8. The van der Waals surface area contributed by atoms with Crippen LogP contribution in [0.2, 0.25) is 0 Å². The Balaban J connectivity index is 1.93. The molecule has 2 N–H and O–H groups in total. The van der Waals surface area contributed by atoms with Crippen LogP contribution in [-0.2, 0) is 0 Å². The molecule has 2 aromatic heterocycles. The van der Waals surface area contributed by atoms with Crippen molar-refractivity contribution >= 4 is 27.9 Å². The number of aromatic carboxylic acids is 1. The minimum Gasteiger partial charge on any atom is -0.477 e. The van der Waals surface area contributed by atoms with Crippen LogP contribution in [0.1, 0.15) is 10.4 Å². The molecular formula is C24H15N3O3. The Morgan fingerprint density at radius 3 is 2.00 bits per heavy atom. The van der Waals surface area contributed by atoms with Crippen molar-refractivity contribution in [3.63, 3.8) is 0 Å². The van der Waals surface area contributed by atoms with E-state index < -0.39 is 11.4 Å². The number of aromatic amines is 1. The number of H-pyrrole nitrogens is 1. The van der Waals surface area contributed by atoms with Gasteiger partial charge in [-0.2, -0.15) is 0 Å². The standard InChI is InChI=1S/C24H15N3O3/c28-23-16(24(29)30)13-25-17-11-12-18-22(19(17)23)27-21(15-9-5-2-6-10-15)20(26-18)14-7-3-1-4-8-14/h1-13H,(H,25,28)(H,29,30). The molecule has 0 aliphatic rings. The van der Waals surface area contributed by atoms with Crippen molar-refractivity contribution in [3.8, 4) is 22.5 Å². The Labute approximate surface area is 170 Å². The molecule has 5 rings (SSSR count). The number of hydrogen-bond donors (Lipinski definition) is 2. The second-order valence-electron chi connectivity index (χ2n) is 6.85. The molecule has 3 aromatic carbocycles. The fourth-order valence-electron chi connectivity index (χ4n) is 3.58. The molecule has 0 spiro atoms. The summed E-state index contributed by atoms with van der Waals surface area (Å²) in [4.78, 5) is 36.9. The van der Waals surface area contributed by atoms with E-state index in [1.807, 2.05) is 60.7 Å². The highest BCUT2D eigenvalue weighted by molar-refractivity contribution is 6.06. The summed E-state index contributed by atoms with van der Waals surface area (Å²) in [5.41, 5.74) is 3.57. The van der Waals surface area contributed by atoms with E-state index in [1.165, 1.54) is 6.20 Å².